The Morgan fingerprint density at radius 2 is 2.11 bits per heavy atom. The van der Waals surface area contributed by atoms with Gasteiger partial charge in [-0.25, -0.2) is 0 Å². The van der Waals surface area contributed by atoms with Gasteiger partial charge in [-0.15, -0.1) is 0 Å². The minimum absolute atomic E-state index is 0.0270. The molecule has 0 aliphatic rings. The molecule has 0 aromatic carbocycles. The number of hydrogen-bond acceptors (Lipinski definition) is 2. The van der Waals surface area contributed by atoms with Crippen LogP contribution in [0.2, 0.25) is 3.93 Å². The Morgan fingerprint density at radius 1 is 1.56 bits per heavy atom. The van der Waals surface area contributed by atoms with Gasteiger partial charge in [0.05, 0.1) is 0 Å². The van der Waals surface area contributed by atoms with Gasteiger partial charge in [-0.05, 0) is 0 Å². The average molecular weight is 335 g/mol. The quantitative estimate of drug-likeness (QED) is 0.571. The summed E-state index contributed by atoms with van der Waals surface area (Å²) in [6.07, 6.45) is 0.0900. The normalized spacial score (nSPS) is 8.22. The molecule has 0 spiro atoms. The molecule has 0 aliphatic heterocycles. The Labute approximate surface area is 69.8 Å². The van der Waals surface area contributed by atoms with E-state index in [2.05, 4.69) is 0 Å². The molecule has 48 valence electrons. The van der Waals surface area contributed by atoms with Crippen molar-refractivity contribution < 1.29 is 32.9 Å². The van der Waals surface area contributed by atoms with E-state index in [1.165, 1.54) is 6.92 Å². The van der Waals surface area contributed by atoms with Crippen LogP contribution in [0.3, 0.4) is 0 Å². The maximum atomic E-state index is 10.6. The molecule has 2 nitrogen and oxygen atoms in total. The third-order valence-corrected chi connectivity index (χ3v) is 5.38. The summed E-state index contributed by atoms with van der Waals surface area (Å²) in [5.74, 6) is -0.0299. The Balaban J connectivity index is 3.39. The molecule has 0 aliphatic carbocycles. The van der Waals surface area contributed by atoms with E-state index < -0.39 is 23.3 Å². The standard InChI is InChI=1S/C5H7O2.ClH.Hg/c1-4(6)3-5(2)7;;/h1,3H2,2H3;1H;/q;;+1/p-1. The molecule has 0 fully saturated rings. The van der Waals surface area contributed by atoms with Gasteiger partial charge in [-0.2, -0.15) is 0 Å². The van der Waals surface area contributed by atoms with Crippen molar-refractivity contribution in [1.82, 2.24) is 0 Å². The van der Waals surface area contributed by atoms with Crippen LogP contribution in [0.25, 0.3) is 0 Å². The molecular weight excluding hydrogens is 328 g/mol. The van der Waals surface area contributed by atoms with Gasteiger partial charge in [0.25, 0.3) is 0 Å². The Morgan fingerprint density at radius 3 is 2.44 bits per heavy atom. The molecule has 4 heteroatoms. The van der Waals surface area contributed by atoms with E-state index in [1.54, 1.807) is 0 Å². The van der Waals surface area contributed by atoms with Crippen LogP contribution in [0, 0.1) is 0 Å². The molecule has 0 N–H and O–H groups in total. The number of carbonyl (C=O) groups excluding carboxylic acids is 2. The van der Waals surface area contributed by atoms with Crippen LogP contribution >= 0.6 is 8.25 Å². The zero-order valence-corrected chi connectivity index (χ0v) is 11.6. The van der Waals surface area contributed by atoms with Crippen LogP contribution in [0.15, 0.2) is 0 Å². The van der Waals surface area contributed by atoms with Gasteiger partial charge in [0.2, 0.25) is 0 Å². The zero-order valence-electron chi connectivity index (χ0n) is 5.32. The first-order valence-corrected chi connectivity index (χ1v) is 13.4. The van der Waals surface area contributed by atoms with Crippen LogP contribution in [-0.2, 0) is 32.9 Å². The summed E-state index contributed by atoms with van der Waals surface area (Å²) in [7, 11) is 5.47. The van der Waals surface area contributed by atoms with Crippen LogP contribution < -0.4 is 0 Å². The second-order valence-corrected chi connectivity index (χ2v) is 8.59. The van der Waals surface area contributed by atoms with E-state index in [4.69, 9.17) is 8.25 Å². The van der Waals surface area contributed by atoms with E-state index in [9.17, 15) is 9.59 Å². The van der Waals surface area contributed by atoms with Crippen LogP contribution in [0.1, 0.15) is 13.3 Å². The third kappa shape index (κ3) is 6.45. The average Bonchev–Trinajstić information content (AvgIpc) is 1.63. The summed E-state index contributed by atoms with van der Waals surface area (Å²) in [5.41, 5.74) is 0. The van der Waals surface area contributed by atoms with E-state index in [0.717, 1.165) is 0 Å². The molecule has 9 heavy (non-hydrogen) atoms. The Kier molecular flexibility index (Phi) is 5.69. The second-order valence-electron chi connectivity index (χ2n) is 1.86. The third-order valence-electron chi connectivity index (χ3n) is 0.819. The molecule has 0 aromatic rings. The van der Waals surface area contributed by atoms with E-state index in [-0.39, 0.29) is 18.0 Å². The van der Waals surface area contributed by atoms with Crippen molar-refractivity contribution in [2.75, 3.05) is 0 Å². The molecule has 0 heterocycles. The van der Waals surface area contributed by atoms with Crippen molar-refractivity contribution in [2.24, 2.45) is 0 Å². The van der Waals surface area contributed by atoms with Gasteiger partial charge < -0.3 is 0 Å². The molecule has 0 rings (SSSR count). The van der Waals surface area contributed by atoms with Crippen molar-refractivity contribution in [3.05, 3.63) is 0 Å². The first-order valence-electron chi connectivity index (χ1n) is 2.74. The number of ketones is 2. The molecule has 0 radical (unpaired) electrons. The molecule has 0 atom stereocenters. The Hall–Kier alpha value is 0.565. The molecule has 0 saturated heterocycles. The predicted molar refractivity (Wildman–Crippen MR) is 31.0 cm³/mol. The van der Waals surface area contributed by atoms with Crippen LogP contribution in [0.4, 0.5) is 0 Å². The fourth-order valence-electron chi connectivity index (χ4n) is 0.471. The molecule has 0 bridgehead atoms. The summed E-state index contributed by atoms with van der Waals surface area (Å²) >= 11 is -1.32. The van der Waals surface area contributed by atoms with Gasteiger partial charge in [0, 0.05) is 0 Å². The SMILES string of the molecule is CC(=O)CC(=O)[CH2][Hg][Cl]. The zero-order chi connectivity index (χ0) is 7.28. The van der Waals surface area contributed by atoms with Crippen molar-refractivity contribution in [2.45, 2.75) is 17.3 Å². The molecular formula is C5H7ClHgO2. The topological polar surface area (TPSA) is 34.1 Å². The summed E-state index contributed by atoms with van der Waals surface area (Å²) in [4.78, 5) is 20.9. The first kappa shape index (κ1) is 9.57. The summed E-state index contributed by atoms with van der Waals surface area (Å²) in [6.45, 7) is 1.42. The number of carbonyl (C=O) groups is 2. The predicted octanol–water partition coefficient (Wildman–Crippen LogP) is 1.19. The first-order chi connectivity index (χ1) is 4.16. The Bertz CT molecular complexity index is 124. The van der Waals surface area contributed by atoms with Crippen LogP contribution in [-0.4, -0.2) is 11.6 Å². The summed E-state index contributed by atoms with van der Waals surface area (Å²) in [5, 5.41) is 0. The number of Topliss-reactive ketones (excluding diaryl/α,β-unsaturated/α-hetero) is 2. The monoisotopic (exact) mass is 336 g/mol. The number of hydrogen-bond donors (Lipinski definition) is 0. The summed E-state index contributed by atoms with van der Waals surface area (Å²) < 4.78 is 0.529. The minimum atomic E-state index is -1.32. The maximum absolute atomic E-state index is 10.6. The van der Waals surface area contributed by atoms with Crippen LogP contribution in [0.5, 0.6) is 0 Å². The van der Waals surface area contributed by atoms with Crippen molar-refractivity contribution in [3.8, 4) is 0 Å². The number of halogens is 1. The van der Waals surface area contributed by atoms with E-state index in [0.29, 0.717) is 3.93 Å². The van der Waals surface area contributed by atoms with Gasteiger partial charge in [0.1, 0.15) is 0 Å². The van der Waals surface area contributed by atoms with Crippen molar-refractivity contribution in [1.29, 1.82) is 0 Å². The van der Waals surface area contributed by atoms with Gasteiger partial charge in [0.15, 0.2) is 0 Å². The fourth-order valence-corrected chi connectivity index (χ4v) is 3.83. The molecule has 0 aromatic heterocycles. The van der Waals surface area contributed by atoms with Gasteiger partial charge in [-0.1, -0.05) is 0 Å². The molecule has 0 amide bonds. The van der Waals surface area contributed by atoms with Crippen molar-refractivity contribution in [3.63, 3.8) is 0 Å². The van der Waals surface area contributed by atoms with Gasteiger partial charge >= 0.3 is 70.0 Å². The number of rotatable bonds is 4. The van der Waals surface area contributed by atoms with Gasteiger partial charge in [-0.3, -0.25) is 0 Å². The molecule has 0 saturated carbocycles. The van der Waals surface area contributed by atoms with Crippen molar-refractivity contribution >= 4 is 19.8 Å². The molecule has 0 unspecified atom stereocenters. The summed E-state index contributed by atoms with van der Waals surface area (Å²) in [6, 6.07) is 0. The fraction of sp³-hybridized carbons (Fsp3) is 0.600. The second kappa shape index (κ2) is 5.36. The van der Waals surface area contributed by atoms with E-state index in [1.807, 2.05) is 0 Å². The van der Waals surface area contributed by atoms with E-state index >= 15 is 0 Å².